The normalized spacial score (nSPS) is 10.4. The van der Waals surface area contributed by atoms with E-state index < -0.39 is 5.24 Å². The Morgan fingerprint density at radius 3 is 3.08 bits per heavy atom. The summed E-state index contributed by atoms with van der Waals surface area (Å²) in [6, 6.07) is 3.02. The van der Waals surface area contributed by atoms with Gasteiger partial charge >= 0.3 is 0 Å². The van der Waals surface area contributed by atoms with Gasteiger partial charge in [0.05, 0.1) is 0 Å². The standard InChI is InChI=1S/C6H2ClN3O2/c7-5(11)3-1-2-4-6(8-3)12-10-9-4/h1-2H. The number of carbonyl (C=O) groups is 1. The van der Waals surface area contributed by atoms with Crippen LogP contribution in [0.25, 0.3) is 11.2 Å². The van der Waals surface area contributed by atoms with E-state index in [4.69, 9.17) is 11.6 Å². The van der Waals surface area contributed by atoms with Crippen LogP contribution in [-0.4, -0.2) is 20.6 Å². The van der Waals surface area contributed by atoms with E-state index in [9.17, 15) is 4.79 Å². The number of fused-ring (bicyclic) bond motifs is 1. The highest BCUT2D eigenvalue weighted by Crippen LogP contribution is 2.09. The molecule has 2 aromatic rings. The maximum Gasteiger partial charge on any atom is 0.279 e. The van der Waals surface area contributed by atoms with Gasteiger partial charge in [-0.05, 0) is 23.7 Å². The van der Waals surface area contributed by atoms with Crippen molar-refractivity contribution < 1.29 is 9.32 Å². The zero-order valence-electron chi connectivity index (χ0n) is 5.69. The number of aromatic nitrogens is 3. The van der Waals surface area contributed by atoms with E-state index in [1.165, 1.54) is 6.07 Å². The second kappa shape index (κ2) is 2.53. The van der Waals surface area contributed by atoms with Crippen LogP contribution in [0.1, 0.15) is 10.5 Å². The molecular weight excluding hydrogens is 182 g/mol. The fourth-order valence-corrected chi connectivity index (χ4v) is 0.894. The van der Waals surface area contributed by atoms with Gasteiger partial charge in [-0.1, -0.05) is 0 Å². The average molecular weight is 184 g/mol. The zero-order chi connectivity index (χ0) is 8.55. The van der Waals surface area contributed by atoms with Gasteiger partial charge in [0, 0.05) is 5.27 Å². The lowest BCUT2D eigenvalue weighted by atomic mass is 10.3. The van der Waals surface area contributed by atoms with Crippen LogP contribution >= 0.6 is 11.6 Å². The molecule has 0 aromatic carbocycles. The molecule has 60 valence electrons. The molecule has 2 heterocycles. The van der Waals surface area contributed by atoms with Crippen molar-refractivity contribution in [2.75, 3.05) is 0 Å². The van der Waals surface area contributed by atoms with Gasteiger partial charge in [0.15, 0.2) is 5.52 Å². The van der Waals surface area contributed by atoms with Crippen molar-refractivity contribution in [1.29, 1.82) is 0 Å². The Morgan fingerprint density at radius 1 is 1.50 bits per heavy atom. The van der Waals surface area contributed by atoms with E-state index in [0.717, 1.165) is 0 Å². The van der Waals surface area contributed by atoms with Gasteiger partial charge in [-0.2, -0.15) is 0 Å². The first-order chi connectivity index (χ1) is 5.77. The predicted molar refractivity (Wildman–Crippen MR) is 39.8 cm³/mol. The molecule has 5 nitrogen and oxygen atoms in total. The van der Waals surface area contributed by atoms with Crippen LogP contribution in [0.4, 0.5) is 0 Å². The largest absolute Gasteiger partial charge is 0.316 e. The number of carbonyl (C=O) groups excluding carboxylic acids is 1. The molecule has 2 aromatic heterocycles. The van der Waals surface area contributed by atoms with Crippen molar-refractivity contribution in [1.82, 2.24) is 15.4 Å². The Hall–Kier alpha value is -1.49. The fourth-order valence-electron chi connectivity index (χ4n) is 0.789. The van der Waals surface area contributed by atoms with Crippen LogP contribution in [0.5, 0.6) is 0 Å². The summed E-state index contributed by atoms with van der Waals surface area (Å²) in [4.78, 5) is 14.4. The van der Waals surface area contributed by atoms with Crippen molar-refractivity contribution in [2.24, 2.45) is 0 Å². The Kier molecular flexibility index (Phi) is 1.51. The smallest absolute Gasteiger partial charge is 0.279 e. The molecule has 0 aliphatic carbocycles. The third-order valence-electron chi connectivity index (χ3n) is 1.32. The minimum Gasteiger partial charge on any atom is -0.316 e. The molecule has 0 unspecified atom stereocenters. The molecule has 0 spiro atoms. The lowest BCUT2D eigenvalue weighted by Gasteiger charge is -1.88. The molecule has 12 heavy (non-hydrogen) atoms. The van der Waals surface area contributed by atoms with E-state index in [2.05, 4.69) is 19.9 Å². The number of rotatable bonds is 1. The predicted octanol–water partition coefficient (Wildman–Crippen LogP) is 0.997. The minimum atomic E-state index is -0.631. The molecule has 0 saturated carbocycles. The Morgan fingerprint density at radius 2 is 2.33 bits per heavy atom. The van der Waals surface area contributed by atoms with E-state index in [-0.39, 0.29) is 11.4 Å². The Balaban J connectivity index is 2.68. The van der Waals surface area contributed by atoms with Gasteiger partial charge < -0.3 is 4.52 Å². The summed E-state index contributed by atoms with van der Waals surface area (Å²) >= 11 is 5.19. The third kappa shape index (κ3) is 1.04. The van der Waals surface area contributed by atoms with E-state index >= 15 is 0 Å². The summed E-state index contributed by atoms with van der Waals surface area (Å²) in [6.07, 6.45) is 0. The molecule has 0 saturated heterocycles. The molecule has 0 amide bonds. The molecule has 2 rings (SSSR count). The molecule has 0 fully saturated rings. The van der Waals surface area contributed by atoms with Gasteiger partial charge in [0.2, 0.25) is 0 Å². The quantitative estimate of drug-likeness (QED) is 0.617. The van der Waals surface area contributed by atoms with Crippen molar-refractivity contribution in [3.63, 3.8) is 0 Å². The first-order valence-corrected chi connectivity index (χ1v) is 3.44. The summed E-state index contributed by atoms with van der Waals surface area (Å²) < 4.78 is 4.63. The third-order valence-corrected chi connectivity index (χ3v) is 1.51. The van der Waals surface area contributed by atoms with Crippen LogP contribution in [0.15, 0.2) is 16.7 Å². The maximum absolute atomic E-state index is 10.6. The molecular formula is C6H2ClN3O2. The monoisotopic (exact) mass is 183 g/mol. The van der Waals surface area contributed by atoms with Gasteiger partial charge in [-0.15, -0.1) is 5.10 Å². The van der Waals surface area contributed by atoms with Crippen LogP contribution in [0.2, 0.25) is 0 Å². The van der Waals surface area contributed by atoms with Crippen molar-refractivity contribution in [3.8, 4) is 0 Å². The van der Waals surface area contributed by atoms with E-state index in [1.54, 1.807) is 6.07 Å². The van der Waals surface area contributed by atoms with Crippen LogP contribution < -0.4 is 0 Å². The molecule has 0 radical (unpaired) electrons. The number of hydrogen-bond donors (Lipinski definition) is 0. The van der Waals surface area contributed by atoms with Gasteiger partial charge in [-0.3, -0.25) is 4.79 Å². The first-order valence-electron chi connectivity index (χ1n) is 3.06. The highest BCUT2D eigenvalue weighted by molar-refractivity contribution is 6.67. The van der Waals surface area contributed by atoms with E-state index in [1.807, 2.05) is 0 Å². The fraction of sp³-hybridized carbons (Fsp3) is 0. The second-order valence-corrected chi connectivity index (χ2v) is 2.41. The van der Waals surface area contributed by atoms with Crippen LogP contribution in [0.3, 0.4) is 0 Å². The molecule has 0 aliphatic heterocycles. The average Bonchev–Trinajstić information content (AvgIpc) is 2.49. The molecule has 0 aliphatic rings. The number of nitrogens with zero attached hydrogens (tertiary/aromatic N) is 3. The van der Waals surface area contributed by atoms with Gasteiger partial charge in [-0.25, -0.2) is 4.98 Å². The number of pyridine rings is 1. The minimum absolute atomic E-state index is 0.128. The van der Waals surface area contributed by atoms with Gasteiger partial charge in [0.1, 0.15) is 5.69 Å². The molecule has 6 heteroatoms. The van der Waals surface area contributed by atoms with Crippen LogP contribution in [0, 0.1) is 0 Å². The lowest BCUT2D eigenvalue weighted by Crippen LogP contribution is -1.92. The second-order valence-electron chi connectivity index (χ2n) is 2.07. The Bertz CT molecular complexity index is 439. The summed E-state index contributed by atoms with van der Waals surface area (Å²) in [6.45, 7) is 0. The maximum atomic E-state index is 10.6. The highest BCUT2D eigenvalue weighted by Gasteiger charge is 2.07. The summed E-state index contributed by atoms with van der Waals surface area (Å²) in [7, 11) is 0. The topological polar surface area (TPSA) is 68.9 Å². The van der Waals surface area contributed by atoms with E-state index in [0.29, 0.717) is 5.52 Å². The SMILES string of the molecule is O=C(Cl)c1ccc2nnoc2n1. The van der Waals surface area contributed by atoms with Crippen molar-refractivity contribution in [3.05, 3.63) is 17.8 Å². The van der Waals surface area contributed by atoms with Crippen molar-refractivity contribution in [2.45, 2.75) is 0 Å². The summed E-state index contributed by atoms with van der Waals surface area (Å²) in [5.74, 6) is 0. The number of halogens is 1. The van der Waals surface area contributed by atoms with Crippen molar-refractivity contribution >= 4 is 28.1 Å². The Labute approximate surface area is 71.3 Å². The van der Waals surface area contributed by atoms with Crippen LogP contribution in [-0.2, 0) is 0 Å². The summed E-state index contributed by atoms with van der Waals surface area (Å²) in [5.41, 5.74) is 0.834. The number of hydrogen-bond acceptors (Lipinski definition) is 5. The first kappa shape index (κ1) is 7.17. The summed E-state index contributed by atoms with van der Waals surface area (Å²) in [5, 5.41) is 6.21. The molecule has 0 atom stereocenters. The zero-order valence-corrected chi connectivity index (χ0v) is 6.45. The lowest BCUT2D eigenvalue weighted by molar-refractivity contribution is 0.107. The van der Waals surface area contributed by atoms with Gasteiger partial charge in [0.25, 0.3) is 11.0 Å². The molecule has 0 N–H and O–H groups in total. The highest BCUT2D eigenvalue weighted by atomic mass is 35.5. The molecule has 0 bridgehead atoms.